The third kappa shape index (κ3) is 5.83. The normalized spacial score (nSPS) is 11.0. The fourth-order valence-electron chi connectivity index (χ4n) is 3.86. The highest BCUT2D eigenvalue weighted by Crippen LogP contribution is 2.32. The van der Waals surface area contributed by atoms with Crippen molar-refractivity contribution < 1.29 is 13.9 Å². The molecule has 0 aliphatic carbocycles. The number of fused-ring (bicyclic) bond motifs is 1. The van der Waals surface area contributed by atoms with Gasteiger partial charge in [-0.1, -0.05) is 68.4 Å². The quantitative estimate of drug-likeness (QED) is 0.261. The van der Waals surface area contributed by atoms with Crippen molar-refractivity contribution in [3.63, 3.8) is 0 Å². The SMILES string of the molecule is CCCOc1cc(OCCC)c2cc(Cc3cccc(Cc4ccccc4)c3)c(=O)oc2c1. The number of benzene rings is 3. The molecule has 1 heterocycles. The highest BCUT2D eigenvalue weighted by atomic mass is 16.5. The average molecular weight is 443 g/mol. The third-order valence-electron chi connectivity index (χ3n) is 5.43. The molecule has 33 heavy (non-hydrogen) atoms. The van der Waals surface area contributed by atoms with E-state index in [1.807, 2.05) is 30.3 Å². The maximum atomic E-state index is 12.8. The summed E-state index contributed by atoms with van der Waals surface area (Å²) in [5.41, 5.74) is 4.33. The van der Waals surface area contributed by atoms with Crippen LogP contribution < -0.4 is 15.1 Å². The van der Waals surface area contributed by atoms with Gasteiger partial charge in [0.25, 0.3) is 0 Å². The fourth-order valence-corrected chi connectivity index (χ4v) is 3.86. The molecule has 0 spiro atoms. The highest BCUT2D eigenvalue weighted by Gasteiger charge is 2.13. The summed E-state index contributed by atoms with van der Waals surface area (Å²) in [6.07, 6.45) is 3.15. The van der Waals surface area contributed by atoms with E-state index in [0.29, 0.717) is 42.3 Å². The van der Waals surface area contributed by atoms with Crippen LogP contribution in [0.5, 0.6) is 11.5 Å². The van der Waals surface area contributed by atoms with E-state index >= 15 is 0 Å². The molecule has 0 bridgehead atoms. The van der Waals surface area contributed by atoms with Gasteiger partial charge in [-0.25, -0.2) is 4.79 Å². The van der Waals surface area contributed by atoms with Crippen molar-refractivity contribution >= 4 is 11.0 Å². The molecule has 0 radical (unpaired) electrons. The van der Waals surface area contributed by atoms with Gasteiger partial charge >= 0.3 is 5.63 Å². The minimum Gasteiger partial charge on any atom is -0.493 e. The van der Waals surface area contributed by atoms with Crippen molar-refractivity contribution in [1.82, 2.24) is 0 Å². The van der Waals surface area contributed by atoms with Gasteiger partial charge in [0.05, 0.1) is 18.6 Å². The van der Waals surface area contributed by atoms with Gasteiger partial charge in [-0.3, -0.25) is 0 Å². The Kier molecular flexibility index (Phi) is 7.46. The van der Waals surface area contributed by atoms with Crippen molar-refractivity contribution in [2.75, 3.05) is 13.2 Å². The third-order valence-corrected chi connectivity index (χ3v) is 5.43. The number of hydrogen-bond acceptors (Lipinski definition) is 4. The van der Waals surface area contributed by atoms with E-state index in [1.54, 1.807) is 6.07 Å². The maximum Gasteiger partial charge on any atom is 0.339 e. The molecule has 0 amide bonds. The van der Waals surface area contributed by atoms with Crippen LogP contribution >= 0.6 is 0 Å². The summed E-state index contributed by atoms with van der Waals surface area (Å²) in [7, 11) is 0. The van der Waals surface area contributed by atoms with E-state index in [9.17, 15) is 4.79 Å². The Balaban J connectivity index is 1.64. The average Bonchev–Trinajstić information content (AvgIpc) is 2.83. The summed E-state index contributed by atoms with van der Waals surface area (Å²) in [6, 6.07) is 24.3. The standard InChI is InChI=1S/C29H30O4/c1-3-13-31-25-19-27(32-14-4-2)26-18-24(29(30)33-28(26)20-25)17-23-12-8-11-22(16-23)15-21-9-6-5-7-10-21/h5-12,16,18-20H,3-4,13-15,17H2,1-2H3. The van der Waals surface area contributed by atoms with E-state index in [0.717, 1.165) is 30.2 Å². The van der Waals surface area contributed by atoms with Crippen LogP contribution in [-0.2, 0) is 12.8 Å². The predicted octanol–water partition coefficient (Wildman–Crippen LogP) is 6.55. The first kappa shape index (κ1) is 22.7. The molecule has 3 aromatic carbocycles. The fraction of sp³-hybridized carbons (Fsp3) is 0.276. The lowest BCUT2D eigenvalue weighted by molar-refractivity contribution is 0.303. The van der Waals surface area contributed by atoms with Gasteiger partial charge in [-0.2, -0.15) is 0 Å². The lowest BCUT2D eigenvalue weighted by Crippen LogP contribution is -2.09. The molecule has 0 unspecified atom stereocenters. The molecule has 4 aromatic rings. The van der Waals surface area contributed by atoms with Gasteiger partial charge in [0.15, 0.2) is 0 Å². The van der Waals surface area contributed by atoms with Crippen LogP contribution in [0, 0.1) is 0 Å². The summed E-state index contributed by atoms with van der Waals surface area (Å²) in [6.45, 7) is 5.30. The van der Waals surface area contributed by atoms with E-state index in [1.165, 1.54) is 11.1 Å². The molecule has 0 N–H and O–H groups in total. The Morgan fingerprint density at radius 1 is 0.727 bits per heavy atom. The predicted molar refractivity (Wildman–Crippen MR) is 133 cm³/mol. The van der Waals surface area contributed by atoms with Crippen molar-refractivity contribution in [2.45, 2.75) is 39.5 Å². The Hall–Kier alpha value is -3.53. The molecule has 4 nitrogen and oxygen atoms in total. The molecule has 170 valence electrons. The first-order chi connectivity index (χ1) is 16.2. The van der Waals surface area contributed by atoms with Crippen molar-refractivity contribution in [2.24, 2.45) is 0 Å². The molecular formula is C29H30O4. The van der Waals surface area contributed by atoms with Crippen LogP contribution in [0.4, 0.5) is 0 Å². The van der Waals surface area contributed by atoms with E-state index < -0.39 is 0 Å². The molecular weight excluding hydrogens is 412 g/mol. The molecule has 0 saturated heterocycles. The first-order valence-electron chi connectivity index (χ1n) is 11.6. The van der Waals surface area contributed by atoms with Crippen LogP contribution in [0.25, 0.3) is 11.0 Å². The zero-order valence-corrected chi connectivity index (χ0v) is 19.3. The molecule has 0 atom stereocenters. The summed E-state index contributed by atoms with van der Waals surface area (Å²) in [5.74, 6) is 1.34. The largest absolute Gasteiger partial charge is 0.493 e. The Labute approximate surface area is 194 Å². The minimum absolute atomic E-state index is 0.329. The summed E-state index contributed by atoms with van der Waals surface area (Å²) < 4.78 is 17.5. The lowest BCUT2D eigenvalue weighted by Gasteiger charge is -2.12. The molecule has 0 aliphatic heterocycles. The minimum atomic E-state index is -0.329. The topological polar surface area (TPSA) is 48.7 Å². The Bertz CT molecular complexity index is 1260. The second kappa shape index (κ2) is 10.9. The lowest BCUT2D eigenvalue weighted by atomic mass is 9.99. The Morgan fingerprint density at radius 3 is 2.18 bits per heavy atom. The van der Waals surface area contributed by atoms with E-state index in [-0.39, 0.29) is 5.63 Å². The van der Waals surface area contributed by atoms with Gasteiger partial charge in [0.1, 0.15) is 17.1 Å². The van der Waals surface area contributed by atoms with Gasteiger partial charge < -0.3 is 13.9 Å². The first-order valence-corrected chi connectivity index (χ1v) is 11.6. The summed E-state index contributed by atoms with van der Waals surface area (Å²) in [5, 5.41) is 0.794. The van der Waals surface area contributed by atoms with Crippen molar-refractivity contribution in [3.8, 4) is 11.5 Å². The second-order valence-corrected chi connectivity index (χ2v) is 8.25. The molecule has 4 heteroatoms. The monoisotopic (exact) mass is 442 g/mol. The summed E-state index contributed by atoms with van der Waals surface area (Å²) >= 11 is 0. The van der Waals surface area contributed by atoms with Gasteiger partial charge in [0.2, 0.25) is 0 Å². The molecule has 1 aromatic heterocycles. The number of hydrogen-bond donors (Lipinski definition) is 0. The molecule has 0 saturated carbocycles. The Morgan fingerprint density at radius 2 is 1.42 bits per heavy atom. The van der Waals surface area contributed by atoms with Gasteiger partial charge in [-0.05, 0) is 42.0 Å². The number of rotatable bonds is 10. The summed E-state index contributed by atoms with van der Waals surface area (Å²) in [4.78, 5) is 12.8. The van der Waals surface area contributed by atoms with Crippen LogP contribution in [0.3, 0.4) is 0 Å². The van der Waals surface area contributed by atoms with E-state index in [2.05, 4.69) is 50.2 Å². The number of ether oxygens (including phenoxy) is 2. The maximum absolute atomic E-state index is 12.8. The molecule has 4 rings (SSSR count). The molecule has 0 fully saturated rings. The highest BCUT2D eigenvalue weighted by molar-refractivity contribution is 5.85. The van der Waals surface area contributed by atoms with Crippen LogP contribution in [0.1, 0.15) is 48.9 Å². The van der Waals surface area contributed by atoms with Crippen LogP contribution in [0.15, 0.2) is 82.0 Å². The van der Waals surface area contributed by atoms with Crippen LogP contribution in [0.2, 0.25) is 0 Å². The zero-order valence-electron chi connectivity index (χ0n) is 19.3. The molecule has 0 aliphatic rings. The van der Waals surface area contributed by atoms with Gasteiger partial charge in [0, 0.05) is 24.1 Å². The van der Waals surface area contributed by atoms with E-state index in [4.69, 9.17) is 13.9 Å². The van der Waals surface area contributed by atoms with Gasteiger partial charge in [-0.15, -0.1) is 0 Å². The zero-order chi connectivity index (χ0) is 23.0. The van der Waals surface area contributed by atoms with Crippen molar-refractivity contribution in [1.29, 1.82) is 0 Å². The smallest absolute Gasteiger partial charge is 0.339 e. The van der Waals surface area contributed by atoms with Crippen molar-refractivity contribution in [3.05, 3.63) is 105 Å². The second-order valence-electron chi connectivity index (χ2n) is 8.25. The van der Waals surface area contributed by atoms with Crippen LogP contribution in [-0.4, -0.2) is 13.2 Å².